The van der Waals surface area contributed by atoms with E-state index >= 15 is 0 Å². The van der Waals surface area contributed by atoms with E-state index in [2.05, 4.69) is 0 Å². The van der Waals surface area contributed by atoms with Crippen molar-refractivity contribution in [3.63, 3.8) is 0 Å². The predicted octanol–water partition coefficient (Wildman–Crippen LogP) is 2.01. The van der Waals surface area contributed by atoms with Crippen LogP contribution in [-0.2, 0) is 19.1 Å². The maximum atomic E-state index is 11.1. The first-order chi connectivity index (χ1) is 8.12. The lowest BCUT2D eigenvalue weighted by Crippen LogP contribution is -2.21. The summed E-state index contributed by atoms with van der Waals surface area (Å²) in [7, 11) is 0. The minimum absolute atomic E-state index is 0.144. The highest BCUT2D eigenvalue weighted by atomic mass is 16.5. The highest BCUT2D eigenvalue weighted by Gasteiger charge is 2.45. The van der Waals surface area contributed by atoms with E-state index in [0.717, 1.165) is 12.8 Å². The van der Waals surface area contributed by atoms with Gasteiger partial charge in [0, 0.05) is 17.6 Å². The maximum absolute atomic E-state index is 11.1. The van der Waals surface area contributed by atoms with E-state index in [0.29, 0.717) is 13.2 Å². The molecule has 0 aromatic heterocycles. The molecule has 1 saturated carbocycles. The van der Waals surface area contributed by atoms with Crippen LogP contribution in [0.1, 0.15) is 26.7 Å². The molecule has 0 bridgehead atoms. The molecule has 17 heavy (non-hydrogen) atoms. The zero-order valence-electron chi connectivity index (χ0n) is 10.3. The fourth-order valence-electron chi connectivity index (χ4n) is 1.32. The second-order valence-electron chi connectivity index (χ2n) is 4.22. The molecule has 0 saturated heterocycles. The second kappa shape index (κ2) is 6.23. The molecule has 1 aliphatic carbocycles. The molecule has 1 aliphatic rings. The van der Waals surface area contributed by atoms with Gasteiger partial charge in [0.25, 0.3) is 0 Å². The SMILES string of the molecule is C/C=C/C(=O)OCC1(COC(=O)/C=C/C)CC1. The van der Waals surface area contributed by atoms with E-state index in [1.165, 1.54) is 12.2 Å². The molecule has 0 aliphatic heterocycles. The monoisotopic (exact) mass is 238 g/mol. The molecule has 0 atom stereocenters. The van der Waals surface area contributed by atoms with Crippen molar-refractivity contribution in [1.29, 1.82) is 0 Å². The summed E-state index contributed by atoms with van der Waals surface area (Å²) in [4.78, 5) is 22.3. The Morgan fingerprint density at radius 3 is 1.71 bits per heavy atom. The van der Waals surface area contributed by atoms with Crippen LogP contribution in [-0.4, -0.2) is 25.2 Å². The summed E-state index contributed by atoms with van der Waals surface area (Å²) in [5.41, 5.74) is -0.144. The van der Waals surface area contributed by atoms with Crippen molar-refractivity contribution >= 4 is 11.9 Å². The zero-order valence-corrected chi connectivity index (χ0v) is 10.3. The van der Waals surface area contributed by atoms with Crippen LogP contribution in [0.3, 0.4) is 0 Å². The quantitative estimate of drug-likeness (QED) is 0.524. The number of carbonyl (C=O) groups is 2. The molecule has 0 aromatic carbocycles. The fourth-order valence-corrected chi connectivity index (χ4v) is 1.32. The standard InChI is InChI=1S/C13H18O4/c1-3-5-11(14)16-9-13(7-8-13)10-17-12(15)6-4-2/h3-6H,7-10H2,1-2H3/b5-3+,6-4+. The van der Waals surface area contributed by atoms with E-state index < -0.39 is 0 Å². The average molecular weight is 238 g/mol. The van der Waals surface area contributed by atoms with Gasteiger partial charge in [0.2, 0.25) is 0 Å². The number of carbonyl (C=O) groups excluding carboxylic acids is 2. The summed E-state index contributed by atoms with van der Waals surface area (Å²) in [6.07, 6.45) is 7.88. The number of esters is 2. The third-order valence-corrected chi connectivity index (χ3v) is 2.60. The van der Waals surface area contributed by atoms with Crippen molar-refractivity contribution in [2.24, 2.45) is 5.41 Å². The summed E-state index contributed by atoms with van der Waals surface area (Å²) < 4.78 is 10.1. The van der Waals surface area contributed by atoms with Crippen LogP contribution in [0.2, 0.25) is 0 Å². The highest BCUT2D eigenvalue weighted by molar-refractivity contribution is 5.82. The third kappa shape index (κ3) is 4.85. The largest absolute Gasteiger partial charge is 0.462 e. The minimum atomic E-state index is -0.349. The molecule has 1 rings (SSSR count). The predicted molar refractivity (Wildman–Crippen MR) is 63.2 cm³/mol. The van der Waals surface area contributed by atoms with Crippen LogP contribution in [0, 0.1) is 5.41 Å². The Kier molecular flexibility index (Phi) is 4.94. The Morgan fingerprint density at radius 2 is 1.41 bits per heavy atom. The molecule has 1 fully saturated rings. The summed E-state index contributed by atoms with van der Waals surface area (Å²) in [6.45, 7) is 4.15. The summed E-state index contributed by atoms with van der Waals surface area (Å²) >= 11 is 0. The van der Waals surface area contributed by atoms with E-state index in [1.807, 2.05) is 0 Å². The molecule has 0 aromatic rings. The van der Waals surface area contributed by atoms with Crippen LogP contribution in [0.5, 0.6) is 0 Å². The molecular weight excluding hydrogens is 220 g/mol. The summed E-state index contributed by atoms with van der Waals surface area (Å²) in [6, 6.07) is 0. The molecule has 0 spiro atoms. The van der Waals surface area contributed by atoms with Gasteiger partial charge in [-0.2, -0.15) is 0 Å². The molecule has 4 heteroatoms. The summed E-state index contributed by atoms with van der Waals surface area (Å²) in [5.74, 6) is -0.697. The van der Waals surface area contributed by atoms with Gasteiger partial charge < -0.3 is 9.47 Å². The Bertz CT molecular complexity index is 307. The Balaban J connectivity index is 2.28. The topological polar surface area (TPSA) is 52.6 Å². The lowest BCUT2D eigenvalue weighted by atomic mass is 10.1. The van der Waals surface area contributed by atoms with Crippen molar-refractivity contribution in [3.8, 4) is 0 Å². The molecule has 0 N–H and O–H groups in total. The van der Waals surface area contributed by atoms with Crippen molar-refractivity contribution < 1.29 is 19.1 Å². The number of rotatable bonds is 6. The number of hydrogen-bond donors (Lipinski definition) is 0. The van der Waals surface area contributed by atoms with Gasteiger partial charge in [-0.25, -0.2) is 9.59 Å². The molecule has 0 unspecified atom stereocenters. The van der Waals surface area contributed by atoms with E-state index in [9.17, 15) is 9.59 Å². The molecule has 0 heterocycles. The van der Waals surface area contributed by atoms with Crippen LogP contribution in [0.25, 0.3) is 0 Å². The van der Waals surface area contributed by atoms with Gasteiger partial charge in [0.1, 0.15) is 13.2 Å². The summed E-state index contributed by atoms with van der Waals surface area (Å²) in [5, 5.41) is 0. The average Bonchev–Trinajstić information content (AvgIpc) is 3.06. The second-order valence-corrected chi connectivity index (χ2v) is 4.22. The molecule has 4 nitrogen and oxygen atoms in total. The van der Waals surface area contributed by atoms with E-state index in [-0.39, 0.29) is 17.4 Å². The van der Waals surface area contributed by atoms with Crippen LogP contribution in [0.4, 0.5) is 0 Å². The first-order valence-corrected chi connectivity index (χ1v) is 5.71. The number of ether oxygens (including phenoxy) is 2. The molecule has 0 radical (unpaired) electrons. The van der Waals surface area contributed by atoms with Crippen LogP contribution >= 0.6 is 0 Å². The number of allylic oxidation sites excluding steroid dienone is 2. The van der Waals surface area contributed by atoms with Crippen LogP contribution in [0.15, 0.2) is 24.3 Å². The van der Waals surface area contributed by atoms with Crippen molar-refractivity contribution in [2.75, 3.05) is 13.2 Å². The fraction of sp³-hybridized carbons (Fsp3) is 0.538. The Labute approximate surface area is 101 Å². The number of hydrogen-bond acceptors (Lipinski definition) is 4. The molecule has 0 amide bonds. The lowest BCUT2D eigenvalue weighted by Gasteiger charge is -2.14. The van der Waals surface area contributed by atoms with Crippen molar-refractivity contribution in [3.05, 3.63) is 24.3 Å². The third-order valence-electron chi connectivity index (χ3n) is 2.60. The van der Waals surface area contributed by atoms with Gasteiger partial charge in [-0.3, -0.25) is 0 Å². The van der Waals surface area contributed by atoms with Crippen molar-refractivity contribution in [1.82, 2.24) is 0 Å². The van der Waals surface area contributed by atoms with Gasteiger partial charge >= 0.3 is 11.9 Å². The molecular formula is C13H18O4. The zero-order chi connectivity index (χ0) is 12.7. The lowest BCUT2D eigenvalue weighted by molar-refractivity contribution is -0.143. The van der Waals surface area contributed by atoms with Gasteiger partial charge in [0.05, 0.1) is 0 Å². The Morgan fingerprint density at radius 1 is 1.00 bits per heavy atom. The Hall–Kier alpha value is -1.58. The van der Waals surface area contributed by atoms with Gasteiger partial charge in [-0.15, -0.1) is 0 Å². The maximum Gasteiger partial charge on any atom is 0.330 e. The normalized spacial score (nSPS) is 17.3. The first kappa shape index (κ1) is 13.5. The smallest absolute Gasteiger partial charge is 0.330 e. The van der Waals surface area contributed by atoms with Gasteiger partial charge in [0.15, 0.2) is 0 Å². The molecule has 94 valence electrons. The van der Waals surface area contributed by atoms with Crippen LogP contribution < -0.4 is 0 Å². The highest BCUT2D eigenvalue weighted by Crippen LogP contribution is 2.46. The van der Waals surface area contributed by atoms with E-state index in [4.69, 9.17) is 9.47 Å². The van der Waals surface area contributed by atoms with Crippen molar-refractivity contribution in [2.45, 2.75) is 26.7 Å². The van der Waals surface area contributed by atoms with E-state index in [1.54, 1.807) is 26.0 Å². The van der Waals surface area contributed by atoms with Gasteiger partial charge in [-0.05, 0) is 26.7 Å². The minimum Gasteiger partial charge on any atom is -0.462 e. The first-order valence-electron chi connectivity index (χ1n) is 5.71. The van der Waals surface area contributed by atoms with Gasteiger partial charge in [-0.1, -0.05) is 12.2 Å².